The summed E-state index contributed by atoms with van der Waals surface area (Å²) in [7, 11) is 1.71. The number of aliphatic imine (C=N–C) groups is 2. The summed E-state index contributed by atoms with van der Waals surface area (Å²) in [4.78, 5) is 11.1. The van der Waals surface area contributed by atoms with Crippen molar-refractivity contribution in [3.05, 3.63) is 27.8 Å². The van der Waals surface area contributed by atoms with Crippen LogP contribution in [0.4, 0.5) is 0 Å². The number of aliphatic hydroxyl groups is 1. The molecule has 0 aliphatic carbocycles. The normalized spacial score (nSPS) is 26.9. The lowest BCUT2D eigenvalue weighted by molar-refractivity contribution is 0.113. The van der Waals surface area contributed by atoms with Crippen LogP contribution in [0.5, 0.6) is 5.75 Å². The predicted octanol–water partition coefficient (Wildman–Crippen LogP) is 2.53. The van der Waals surface area contributed by atoms with Crippen molar-refractivity contribution in [3.8, 4) is 5.75 Å². The van der Waals surface area contributed by atoms with Gasteiger partial charge in [0, 0.05) is 41.7 Å². The van der Waals surface area contributed by atoms with Gasteiger partial charge in [0.15, 0.2) is 6.17 Å². The number of rotatable bonds is 6. The van der Waals surface area contributed by atoms with E-state index in [0.717, 1.165) is 41.2 Å². The van der Waals surface area contributed by atoms with E-state index >= 15 is 0 Å². The topological polar surface area (TPSA) is 99.0 Å². The molecule has 1 aromatic rings. The Morgan fingerprint density at radius 3 is 2.74 bits per heavy atom. The van der Waals surface area contributed by atoms with Crippen molar-refractivity contribution in [2.75, 3.05) is 33.4 Å². The van der Waals surface area contributed by atoms with Crippen molar-refractivity contribution >= 4 is 29.5 Å². The van der Waals surface area contributed by atoms with Gasteiger partial charge in [-0.15, -0.1) is 0 Å². The van der Waals surface area contributed by atoms with Crippen molar-refractivity contribution in [1.29, 1.82) is 0 Å². The molecule has 3 heterocycles. The molecule has 0 saturated carbocycles. The molecule has 3 aliphatic heterocycles. The molecular weight excluding hydrogens is 416 g/mol. The number of nitrogens with zero attached hydrogens (tertiary/aromatic N) is 5. The lowest BCUT2D eigenvalue weighted by atomic mass is 9.81. The van der Waals surface area contributed by atoms with E-state index in [2.05, 4.69) is 21.8 Å². The van der Waals surface area contributed by atoms with Gasteiger partial charge in [0.25, 0.3) is 0 Å². The maximum absolute atomic E-state index is 9.22. The summed E-state index contributed by atoms with van der Waals surface area (Å²) in [6.07, 6.45) is 1.25. The number of amidine groups is 1. The molecular formula is C22H31ClN6O2. The zero-order chi connectivity index (χ0) is 22.5. The molecule has 3 atom stereocenters. The number of nitrogens with two attached hydrogens (primary N) is 1. The van der Waals surface area contributed by atoms with Crippen LogP contribution in [0.25, 0.3) is 0 Å². The van der Waals surface area contributed by atoms with E-state index in [1.165, 1.54) is 6.34 Å². The number of halogens is 1. The van der Waals surface area contributed by atoms with E-state index in [4.69, 9.17) is 27.2 Å². The average Bonchev–Trinajstić information content (AvgIpc) is 2.99. The molecule has 3 aliphatic rings. The van der Waals surface area contributed by atoms with Crippen molar-refractivity contribution in [1.82, 2.24) is 9.91 Å². The van der Waals surface area contributed by atoms with E-state index in [0.29, 0.717) is 23.3 Å². The van der Waals surface area contributed by atoms with Crippen LogP contribution < -0.4 is 10.5 Å². The van der Waals surface area contributed by atoms with Gasteiger partial charge in [-0.2, -0.15) is 5.10 Å². The molecule has 168 valence electrons. The first kappa shape index (κ1) is 22.0. The summed E-state index contributed by atoms with van der Waals surface area (Å²) in [5.41, 5.74) is 9.77. The van der Waals surface area contributed by atoms with Gasteiger partial charge in [0.1, 0.15) is 23.3 Å². The number of methoxy groups -OCH3 is 1. The molecule has 31 heavy (non-hydrogen) atoms. The maximum atomic E-state index is 9.22. The Kier molecular flexibility index (Phi) is 5.74. The Balaban J connectivity index is 1.72. The monoisotopic (exact) mass is 446 g/mol. The second-order valence-electron chi connectivity index (χ2n) is 8.80. The highest BCUT2D eigenvalue weighted by Crippen LogP contribution is 2.47. The van der Waals surface area contributed by atoms with E-state index in [-0.39, 0.29) is 18.8 Å². The van der Waals surface area contributed by atoms with Gasteiger partial charge in [-0.25, -0.2) is 9.98 Å². The van der Waals surface area contributed by atoms with Gasteiger partial charge in [-0.3, -0.25) is 9.91 Å². The lowest BCUT2D eigenvalue weighted by Gasteiger charge is -2.41. The molecule has 0 bridgehead atoms. The molecule has 8 nitrogen and oxygen atoms in total. The van der Waals surface area contributed by atoms with Crippen LogP contribution in [0.2, 0.25) is 5.02 Å². The number of β-amino-alcohol motifs (C(OH)–C–C–N with tert-alkyl or cyclic N) is 1. The zero-order valence-corrected chi connectivity index (χ0v) is 19.5. The molecule has 4 rings (SSSR count). The Morgan fingerprint density at radius 1 is 1.39 bits per heavy atom. The van der Waals surface area contributed by atoms with Crippen LogP contribution in [-0.2, 0) is 0 Å². The first-order valence-corrected chi connectivity index (χ1v) is 11.0. The molecule has 1 saturated heterocycles. The van der Waals surface area contributed by atoms with Crippen molar-refractivity contribution in [3.63, 3.8) is 0 Å². The third-order valence-electron chi connectivity index (χ3n) is 7.10. The van der Waals surface area contributed by atoms with Crippen molar-refractivity contribution in [2.24, 2.45) is 26.2 Å². The molecule has 1 aromatic carbocycles. The number of hydrogen-bond acceptors (Lipinski definition) is 8. The Hall–Kier alpha value is -2.16. The second-order valence-corrected chi connectivity index (χ2v) is 9.20. The third kappa shape index (κ3) is 3.32. The number of aliphatic hydroxyl groups excluding tert-OH is 1. The van der Waals surface area contributed by atoms with E-state index < -0.39 is 5.41 Å². The van der Waals surface area contributed by atoms with Crippen LogP contribution in [0.1, 0.15) is 49.4 Å². The van der Waals surface area contributed by atoms with Crippen molar-refractivity contribution < 1.29 is 9.84 Å². The average molecular weight is 447 g/mol. The van der Waals surface area contributed by atoms with Gasteiger partial charge < -0.3 is 15.6 Å². The van der Waals surface area contributed by atoms with E-state index in [9.17, 15) is 5.11 Å². The standard InChI is InChI=1S/C22H31ClN6O2/c1-12-17(23)8-16(19(31-5)18(12)15-9-28(10-15)6-7-30)13(2)29-21-22(4,14(3)27-29)20(24)25-11-26-21/h8,11,13,15,21,30H,6-7,9-10H2,1-5H3,(H2,24,25,26). The third-order valence-corrected chi connectivity index (χ3v) is 7.50. The zero-order valence-electron chi connectivity index (χ0n) is 18.8. The fraction of sp³-hybridized carbons (Fsp3) is 0.591. The first-order valence-electron chi connectivity index (χ1n) is 10.6. The minimum Gasteiger partial charge on any atom is -0.496 e. The number of likely N-dealkylation sites (tertiary alicyclic amines) is 1. The van der Waals surface area contributed by atoms with Gasteiger partial charge in [0.2, 0.25) is 0 Å². The number of benzene rings is 1. The highest BCUT2D eigenvalue weighted by Gasteiger charge is 2.51. The smallest absolute Gasteiger partial charge is 0.157 e. The number of hydrogen-bond donors (Lipinski definition) is 2. The van der Waals surface area contributed by atoms with Gasteiger partial charge in [-0.1, -0.05) is 11.6 Å². The van der Waals surface area contributed by atoms with Gasteiger partial charge in [-0.05, 0) is 39.3 Å². The minimum absolute atomic E-state index is 0.134. The fourth-order valence-electron chi connectivity index (χ4n) is 4.92. The van der Waals surface area contributed by atoms with E-state index in [1.807, 2.05) is 31.8 Å². The van der Waals surface area contributed by atoms with Gasteiger partial charge in [0.05, 0.1) is 25.5 Å². The molecule has 0 aromatic heterocycles. The van der Waals surface area contributed by atoms with Crippen LogP contribution in [0, 0.1) is 12.3 Å². The molecule has 3 unspecified atom stereocenters. The summed E-state index contributed by atoms with van der Waals surface area (Å²) >= 11 is 6.71. The van der Waals surface area contributed by atoms with Crippen LogP contribution >= 0.6 is 11.6 Å². The quantitative estimate of drug-likeness (QED) is 0.699. The number of ether oxygens (including phenoxy) is 1. The molecule has 0 amide bonds. The Bertz CT molecular complexity index is 971. The number of fused-ring (bicyclic) bond motifs is 1. The fourth-order valence-corrected chi connectivity index (χ4v) is 5.14. The van der Waals surface area contributed by atoms with Crippen molar-refractivity contribution in [2.45, 2.75) is 45.8 Å². The Labute approximate surface area is 188 Å². The minimum atomic E-state index is -0.535. The lowest BCUT2D eigenvalue weighted by Crippen LogP contribution is -2.51. The molecule has 0 radical (unpaired) electrons. The molecule has 9 heteroatoms. The summed E-state index contributed by atoms with van der Waals surface area (Å²) in [5.74, 6) is 1.69. The molecule has 3 N–H and O–H groups in total. The highest BCUT2D eigenvalue weighted by atomic mass is 35.5. The molecule has 1 fully saturated rings. The molecule has 0 spiro atoms. The van der Waals surface area contributed by atoms with Crippen LogP contribution in [0.15, 0.2) is 21.2 Å². The SMILES string of the molecule is COc1c(C(C)N2N=C(C)C3(C)C(N)=NC=NC23)cc(Cl)c(C)c1C1CN(CCO)C1. The summed E-state index contributed by atoms with van der Waals surface area (Å²) < 4.78 is 5.97. The van der Waals surface area contributed by atoms with Crippen LogP contribution in [0.3, 0.4) is 0 Å². The number of hydrazone groups is 1. The van der Waals surface area contributed by atoms with Crippen LogP contribution in [-0.4, -0.2) is 72.4 Å². The highest BCUT2D eigenvalue weighted by molar-refractivity contribution is 6.31. The largest absolute Gasteiger partial charge is 0.496 e. The summed E-state index contributed by atoms with van der Waals surface area (Å²) in [6, 6.07) is 1.85. The Morgan fingerprint density at radius 2 is 2.10 bits per heavy atom. The van der Waals surface area contributed by atoms with Gasteiger partial charge >= 0.3 is 0 Å². The second kappa shape index (κ2) is 8.07. The first-order chi connectivity index (χ1) is 14.7. The predicted molar refractivity (Wildman–Crippen MR) is 124 cm³/mol. The maximum Gasteiger partial charge on any atom is 0.157 e. The summed E-state index contributed by atoms with van der Waals surface area (Å²) in [5, 5.41) is 16.8. The van der Waals surface area contributed by atoms with E-state index in [1.54, 1.807) is 7.11 Å². The summed E-state index contributed by atoms with van der Waals surface area (Å²) in [6.45, 7) is 10.7.